The van der Waals surface area contributed by atoms with Crippen LogP contribution in [0.3, 0.4) is 0 Å². The Balaban J connectivity index is 1.76. The van der Waals surface area contributed by atoms with Gasteiger partial charge in [-0.2, -0.15) is 8.42 Å². The number of hydrogen-bond acceptors (Lipinski definition) is 6. The van der Waals surface area contributed by atoms with Crippen LogP contribution in [0, 0.1) is 17.8 Å². The van der Waals surface area contributed by atoms with E-state index in [1.165, 1.54) is 12.1 Å². The highest BCUT2D eigenvalue weighted by atomic mass is 32.2. The molecule has 0 aromatic heterocycles. The number of carbonyl (C=O) groups excluding carboxylic acids is 2. The Morgan fingerprint density at radius 2 is 1.79 bits per heavy atom. The number of esters is 1. The van der Waals surface area contributed by atoms with Gasteiger partial charge in [-0.1, -0.05) is 36.3 Å². The molecule has 5 atom stereocenters. The minimum absolute atomic E-state index is 0.0614. The van der Waals surface area contributed by atoms with Crippen molar-refractivity contribution in [2.24, 2.45) is 17.8 Å². The van der Waals surface area contributed by atoms with Gasteiger partial charge in [-0.25, -0.2) is 0 Å². The van der Waals surface area contributed by atoms with E-state index in [1.54, 1.807) is 31.2 Å². The average Bonchev–Trinajstić information content (AvgIpc) is 3.05. The van der Waals surface area contributed by atoms with Crippen LogP contribution in [-0.4, -0.2) is 32.4 Å². The molecular formula is C21H22O6S. The normalized spacial score (nSPS) is 32.5. The molecule has 2 aliphatic carbocycles. The molecule has 1 aliphatic heterocycles. The Morgan fingerprint density at radius 3 is 2.46 bits per heavy atom. The molecule has 28 heavy (non-hydrogen) atoms. The first-order valence-electron chi connectivity index (χ1n) is 9.31. The zero-order valence-corrected chi connectivity index (χ0v) is 16.7. The predicted octanol–water partition coefficient (Wildman–Crippen LogP) is 2.80. The van der Waals surface area contributed by atoms with Crippen molar-refractivity contribution in [1.29, 1.82) is 0 Å². The summed E-state index contributed by atoms with van der Waals surface area (Å²) in [5.41, 5.74) is 2.23. The molecule has 1 saturated heterocycles. The van der Waals surface area contributed by atoms with Crippen LogP contribution in [0.2, 0.25) is 0 Å². The van der Waals surface area contributed by atoms with Gasteiger partial charge in [0.25, 0.3) is 10.1 Å². The summed E-state index contributed by atoms with van der Waals surface area (Å²) in [6.45, 7) is 5.40. The van der Waals surface area contributed by atoms with Crippen molar-refractivity contribution in [2.75, 3.05) is 0 Å². The van der Waals surface area contributed by atoms with Gasteiger partial charge in [-0.3, -0.25) is 13.8 Å². The number of ether oxygens (including phenoxy) is 1. The molecule has 0 spiro atoms. The number of benzene rings is 1. The summed E-state index contributed by atoms with van der Waals surface area (Å²) in [7, 11) is -4.02. The smallest absolute Gasteiger partial charge is 0.309 e. The Morgan fingerprint density at radius 1 is 1.11 bits per heavy atom. The van der Waals surface area contributed by atoms with Gasteiger partial charge in [0.15, 0.2) is 5.78 Å². The molecule has 1 heterocycles. The van der Waals surface area contributed by atoms with E-state index in [1.807, 2.05) is 13.8 Å². The van der Waals surface area contributed by atoms with Crippen LogP contribution in [0.25, 0.3) is 0 Å². The second-order valence-electron chi connectivity index (χ2n) is 7.80. The Bertz CT molecular complexity index is 1000. The molecule has 0 N–H and O–H groups in total. The third-order valence-electron chi connectivity index (χ3n) is 6.01. The molecule has 7 heteroatoms. The lowest BCUT2D eigenvalue weighted by Gasteiger charge is -2.29. The highest BCUT2D eigenvalue weighted by molar-refractivity contribution is 7.86. The molecule has 1 aromatic carbocycles. The second kappa shape index (κ2) is 6.67. The molecule has 4 rings (SSSR count). The van der Waals surface area contributed by atoms with Gasteiger partial charge in [-0.15, -0.1) is 0 Å². The summed E-state index contributed by atoms with van der Waals surface area (Å²) < 4.78 is 37.0. The van der Waals surface area contributed by atoms with E-state index in [4.69, 9.17) is 8.92 Å². The van der Waals surface area contributed by atoms with Crippen molar-refractivity contribution in [3.8, 4) is 0 Å². The molecule has 0 bridgehead atoms. The first-order chi connectivity index (χ1) is 13.2. The van der Waals surface area contributed by atoms with Crippen molar-refractivity contribution in [2.45, 2.75) is 44.3 Å². The van der Waals surface area contributed by atoms with Crippen LogP contribution in [0.15, 0.2) is 58.0 Å². The molecule has 0 saturated carbocycles. The lowest BCUT2D eigenvalue weighted by atomic mass is 9.80. The maximum absolute atomic E-state index is 12.8. The fourth-order valence-corrected chi connectivity index (χ4v) is 5.81. The fraction of sp³-hybridized carbons (Fsp3) is 0.429. The van der Waals surface area contributed by atoms with E-state index in [2.05, 4.69) is 0 Å². The molecule has 0 radical (unpaired) electrons. The van der Waals surface area contributed by atoms with Crippen molar-refractivity contribution in [3.63, 3.8) is 0 Å². The third-order valence-corrected chi connectivity index (χ3v) is 7.36. The van der Waals surface area contributed by atoms with Gasteiger partial charge in [0.05, 0.1) is 16.9 Å². The summed E-state index contributed by atoms with van der Waals surface area (Å²) in [5.74, 6) is -1.79. The van der Waals surface area contributed by atoms with Gasteiger partial charge >= 0.3 is 5.97 Å². The third kappa shape index (κ3) is 2.93. The monoisotopic (exact) mass is 402 g/mol. The summed E-state index contributed by atoms with van der Waals surface area (Å²) in [6.07, 6.45) is 0.454. The highest BCUT2D eigenvalue weighted by Gasteiger charge is 2.55. The number of hydrogen-bond donors (Lipinski definition) is 0. The molecule has 0 unspecified atom stereocenters. The number of allylic oxidation sites excluding steroid dienone is 1. The first-order valence-corrected chi connectivity index (χ1v) is 10.7. The number of carbonyl (C=O) groups is 2. The lowest BCUT2D eigenvalue weighted by Crippen LogP contribution is -2.38. The quantitative estimate of drug-likeness (QED) is 0.571. The Kier molecular flexibility index (Phi) is 4.55. The second-order valence-corrected chi connectivity index (χ2v) is 9.37. The van der Waals surface area contributed by atoms with Gasteiger partial charge in [0.1, 0.15) is 6.10 Å². The van der Waals surface area contributed by atoms with Crippen LogP contribution >= 0.6 is 0 Å². The molecule has 1 aromatic rings. The van der Waals surface area contributed by atoms with Crippen LogP contribution in [0.5, 0.6) is 0 Å². The Hall–Kier alpha value is -2.25. The van der Waals surface area contributed by atoms with E-state index in [0.717, 1.165) is 11.1 Å². The van der Waals surface area contributed by atoms with Crippen molar-refractivity contribution in [1.82, 2.24) is 0 Å². The van der Waals surface area contributed by atoms with Gasteiger partial charge in [0, 0.05) is 17.4 Å². The van der Waals surface area contributed by atoms with Crippen LogP contribution in [0.4, 0.5) is 0 Å². The largest absolute Gasteiger partial charge is 0.461 e. The number of fused-ring (bicyclic) bond motifs is 3. The van der Waals surface area contributed by atoms with Gasteiger partial charge in [0.2, 0.25) is 0 Å². The van der Waals surface area contributed by atoms with E-state index < -0.39 is 34.2 Å². The highest BCUT2D eigenvalue weighted by Crippen LogP contribution is 2.49. The average molecular weight is 402 g/mol. The summed E-state index contributed by atoms with van der Waals surface area (Å²) in [4.78, 5) is 24.9. The van der Waals surface area contributed by atoms with Crippen LogP contribution in [0.1, 0.15) is 27.2 Å². The van der Waals surface area contributed by atoms with E-state index >= 15 is 0 Å². The van der Waals surface area contributed by atoms with E-state index in [0.29, 0.717) is 5.57 Å². The molecule has 148 valence electrons. The SMILES string of the molecule is CC1=CC(=O)C2=C(C)C[C@@H](OS(=O)(=O)c3ccccc3)[C@H]3[C@@H](OC(=O)[C@@H]3C)[C@@H]12. The molecule has 1 fully saturated rings. The van der Waals surface area contributed by atoms with Crippen LogP contribution in [-0.2, 0) is 28.6 Å². The van der Waals surface area contributed by atoms with Gasteiger partial charge in [-0.05, 0) is 38.5 Å². The van der Waals surface area contributed by atoms with Crippen molar-refractivity contribution < 1.29 is 26.9 Å². The zero-order chi connectivity index (χ0) is 20.2. The maximum atomic E-state index is 12.8. The summed E-state index contributed by atoms with van der Waals surface area (Å²) in [6, 6.07) is 7.92. The summed E-state index contributed by atoms with van der Waals surface area (Å²) >= 11 is 0. The topological polar surface area (TPSA) is 86.7 Å². The number of ketones is 1. The van der Waals surface area contributed by atoms with Gasteiger partial charge < -0.3 is 4.74 Å². The van der Waals surface area contributed by atoms with Crippen molar-refractivity contribution >= 4 is 21.9 Å². The zero-order valence-electron chi connectivity index (χ0n) is 15.9. The van der Waals surface area contributed by atoms with Crippen molar-refractivity contribution in [3.05, 3.63) is 53.1 Å². The maximum Gasteiger partial charge on any atom is 0.309 e. The minimum atomic E-state index is -4.02. The standard InChI is InChI=1S/C21H22O6S/c1-11-9-15(22)17-12(2)10-16(19-13(3)21(23)26-20(19)18(11)17)27-28(24,25)14-7-5-4-6-8-14/h4-9,13,16,18-20H,10H2,1-3H3/t13-,16-,18+,19+,20+/m1/s1. The van der Waals surface area contributed by atoms with Crippen LogP contribution < -0.4 is 0 Å². The predicted molar refractivity (Wildman–Crippen MR) is 101 cm³/mol. The minimum Gasteiger partial charge on any atom is -0.461 e. The number of rotatable bonds is 3. The molecule has 0 amide bonds. The first kappa shape index (κ1) is 19.1. The lowest BCUT2D eigenvalue weighted by molar-refractivity contribution is -0.144. The molecule has 3 aliphatic rings. The van der Waals surface area contributed by atoms with E-state index in [9.17, 15) is 18.0 Å². The molecule has 6 nitrogen and oxygen atoms in total. The molecular weight excluding hydrogens is 380 g/mol. The van der Waals surface area contributed by atoms with E-state index in [-0.39, 0.29) is 29.0 Å². The fourth-order valence-electron chi connectivity index (χ4n) is 4.69. The summed E-state index contributed by atoms with van der Waals surface area (Å²) in [5, 5.41) is 0. The Labute approximate surface area is 164 Å².